The summed E-state index contributed by atoms with van der Waals surface area (Å²) in [5, 5.41) is 2.99. The number of aromatic nitrogens is 1. The number of aromatic amines is 1. The van der Waals surface area contributed by atoms with Crippen LogP contribution < -0.4 is 5.32 Å². The first-order valence-electron chi connectivity index (χ1n) is 6.22. The van der Waals surface area contributed by atoms with Crippen LogP contribution in [-0.2, 0) is 9.53 Å². The van der Waals surface area contributed by atoms with Crippen LogP contribution in [-0.4, -0.2) is 30.0 Å². The number of H-pyrrole nitrogens is 1. The third-order valence-corrected chi connectivity index (χ3v) is 3.46. The lowest BCUT2D eigenvalue weighted by atomic mass is 9.86. The molecule has 0 spiro atoms. The van der Waals surface area contributed by atoms with Gasteiger partial charge in [0.2, 0.25) is 0 Å². The molecule has 0 radical (unpaired) electrons. The van der Waals surface area contributed by atoms with Gasteiger partial charge in [0.15, 0.2) is 0 Å². The van der Waals surface area contributed by atoms with Crippen molar-refractivity contribution < 1.29 is 14.3 Å². The maximum Gasteiger partial charge on any atom is 0.308 e. The van der Waals surface area contributed by atoms with Gasteiger partial charge in [-0.2, -0.15) is 0 Å². The van der Waals surface area contributed by atoms with E-state index in [4.69, 9.17) is 4.74 Å². The van der Waals surface area contributed by atoms with Gasteiger partial charge in [0, 0.05) is 18.4 Å². The van der Waals surface area contributed by atoms with Gasteiger partial charge in [-0.3, -0.25) is 9.59 Å². The van der Waals surface area contributed by atoms with E-state index >= 15 is 0 Å². The van der Waals surface area contributed by atoms with Gasteiger partial charge in [-0.1, -0.05) is 0 Å². The largest absolute Gasteiger partial charge is 0.469 e. The summed E-state index contributed by atoms with van der Waals surface area (Å²) in [4.78, 5) is 26.0. The standard InChI is InChI=1S/C13H18N2O3/c1-18-13(17)9-2-4-11(5-3-9)15-12(16)10-6-7-14-8-10/h6-9,11,14H,2-5H2,1H3,(H,15,16). The topological polar surface area (TPSA) is 71.2 Å². The van der Waals surface area contributed by atoms with Gasteiger partial charge in [0.25, 0.3) is 5.91 Å². The van der Waals surface area contributed by atoms with Gasteiger partial charge in [-0.25, -0.2) is 0 Å². The third kappa shape index (κ3) is 2.91. The number of ether oxygens (including phenoxy) is 1. The molecule has 98 valence electrons. The molecule has 1 aromatic heterocycles. The van der Waals surface area contributed by atoms with E-state index in [9.17, 15) is 9.59 Å². The molecular weight excluding hydrogens is 232 g/mol. The average Bonchev–Trinajstić information content (AvgIpc) is 2.92. The number of nitrogens with one attached hydrogen (secondary N) is 2. The van der Waals surface area contributed by atoms with Gasteiger partial charge in [-0.05, 0) is 31.7 Å². The van der Waals surface area contributed by atoms with Crippen LogP contribution in [0.25, 0.3) is 0 Å². The molecule has 1 amide bonds. The second-order valence-corrected chi connectivity index (χ2v) is 4.64. The van der Waals surface area contributed by atoms with Crippen molar-refractivity contribution in [3.63, 3.8) is 0 Å². The molecule has 5 nitrogen and oxygen atoms in total. The minimum atomic E-state index is -0.134. The molecule has 18 heavy (non-hydrogen) atoms. The van der Waals surface area contributed by atoms with Crippen molar-refractivity contribution in [3.05, 3.63) is 24.0 Å². The zero-order valence-corrected chi connectivity index (χ0v) is 10.4. The fourth-order valence-corrected chi connectivity index (χ4v) is 2.37. The molecule has 1 aromatic rings. The molecule has 0 aromatic carbocycles. The van der Waals surface area contributed by atoms with Crippen molar-refractivity contribution in [1.29, 1.82) is 0 Å². The van der Waals surface area contributed by atoms with Crippen LogP contribution in [0.5, 0.6) is 0 Å². The van der Waals surface area contributed by atoms with Crippen LogP contribution >= 0.6 is 0 Å². The molecule has 0 atom stereocenters. The highest BCUT2D eigenvalue weighted by atomic mass is 16.5. The summed E-state index contributed by atoms with van der Waals surface area (Å²) in [7, 11) is 1.42. The molecule has 1 aliphatic rings. The van der Waals surface area contributed by atoms with Gasteiger partial charge in [0.05, 0.1) is 18.6 Å². The molecule has 1 heterocycles. The lowest BCUT2D eigenvalue weighted by Gasteiger charge is -2.27. The summed E-state index contributed by atoms with van der Waals surface area (Å²) in [6, 6.07) is 1.91. The molecule has 0 bridgehead atoms. The summed E-state index contributed by atoms with van der Waals surface area (Å²) in [6.45, 7) is 0. The summed E-state index contributed by atoms with van der Waals surface area (Å²) in [5.41, 5.74) is 0.644. The first-order valence-corrected chi connectivity index (χ1v) is 6.22. The monoisotopic (exact) mass is 250 g/mol. The quantitative estimate of drug-likeness (QED) is 0.798. The number of hydrogen-bond acceptors (Lipinski definition) is 3. The third-order valence-electron chi connectivity index (χ3n) is 3.46. The molecule has 1 fully saturated rings. The van der Waals surface area contributed by atoms with E-state index in [2.05, 4.69) is 10.3 Å². The molecule has 2 rings (SSSR count). The molecule has 0 aliphatic heterocycles. The fourth-order valence-electron chi connectivity index (χ4n) is 2.37. The van der Waals surface area contributed by atoms with Crippen LogP contribution in [0.15, 0.2) is 18.5 Å². The fraction of sp³-hybridized carbons (Fsp3) is 0.538. The Morgan fingerprint density at radius 3 is 2.61 bits per heavy atom. The number of carbonyl (C=O) groups is 2. The van der Waals surface area contributed by atoms with E-state index in [0.29, 0.717) is 5.56 Å². The van der Waals surface area contributed by atoms with E-state index < -0.39 is 0 Å². The Bertz CT molecular complexity index is 406. The molecule has 0 saturated heterocycles. The molecule has 5 heteroatoms. The second-order valence-electron chi connectivity index (χ2n) is 4.64. The molecule has 1 aliphatic carbocycles. The Morgan fingerprint density at radius 1 is 1.33 bits per heavy atom. The van der Waals surface area contributed by atoms with E-state index in [1.54, 1.807) is 18.5 Å². The maximum atomic E-state index is 11.8. The van der Waals surface area contributed by atoms with E-state index in [1.165, 1.54) is 7.11 Å². The minimum Gasteiger partial charge on any atom is -0.469 e. The van der Waals surface area contributed by atoms with Crippen LogP contribution in [0.1, 0.15) is 36.0 Å². The first kappa shape index (κ1) is 12.7. The lowest BCUT2D eigenvalue weighted by molar-refractivity contribution is -0.146. The SMILES string of the molecule is COC(=O)C1CCC(NC(=O)c2cc[nH]c2)CC1. The van der Waals surface area contributed by atoms with E-state index in [1.807, 2.05) is 0 Å². The highest BCUT2D eigenvalue weighted by Crippen LogP contribution is 2.25. The number of rotatable bonds is 3. The van der Waals surface area contributed by atoms with Gasteiger partial charge < -0.3 is 15.0 Å². The predicted molar refractivity (Wildman–Crippen MR) is 66.0 cm³/mol. The normalized spacial score (nSPS) is 23.4. The Morgan fingerprint density at radius 2 is 2.06 bits per heavy atom. The minimum absolute atomic E-state index is 0.00425. The highest BCUT2D eigenvalue weighted by Gasteiger charge is 2.27. The van der Waals surface area contributed by atoms with Crippen LogP contribution in [0, 0.1) is 5.92 Å². The van der Waals surface area contributed by atoms with Crippen molar-refractivity contribution in [1.82, 2.24) is 10.3 Å². The Balaban J connectivity index is 1.80. The number of amides is 1. The van der Waals surface area contributed by atoms with Crippen molar-refractivity contribution in [2.75, 3.05) is 7.11 Å². The van der Waals surface area contributed by atoms with E-state index in [-0.39, 0.29) is 23.8 Å². The van der Waals surface area contributed by atoms with Crippen LogP contribution in [0.3, 0.4) is 0 Å². The lowest BCUT2D eigenvalue weighted by Crippen LogP contribution is -2.38. The Labute approximate surface area is 106 Å². The number of methoxy groups -OCH3 is 1. The summed E-state index contributed by atoms with van der Waals surface area (Å²) < 4.78 is 4.73. The number of hydrogen-bond donors (Lipinski definition) is 2. The molecular formula is C13H18N2O3. The van der Waals surface area contributed by atoms with Gasteiger partial charge in [-0.15, -0.1) is 0 Å². The average molecular weight is 250 g/mol. The predicted octanol–water partition coefficient (Wildman–Crippen LogP) is 1.48. The smallest absolute Gasteiger partial charge is 0.308 e. The van der Waals surface area contributed by atoms with Gasteiger partial charge >= 0.3 is 5.97 Å². The van der Waals surface area contributed by atoms with Crippen molar-refractivity contribution >= 4 is 11.9 Å². The van der Waals surface area contributed by atoms with Crippen molar-refractivity contribution in [2.24, 2.45) is 5.92 Å². The van der Waals surface area contributed by atoms with Gasteiger partial charge in [0.1, 0.15) is 0 Å². The van der Waals surface area contributed by atoms with Crippen molar-refractivity contribution in [3.8, 4) is 0 Å². The maximum absolute atomic E-state index is 11.8. The number of esters is 1. The van der Waals surface area contributed by atoms with Crippen LogP contribution in [0.4, 0.5) is 0 Å². The molecule has 2 N–H and O–H groups in total. The Hall–Kier alpha value is -1.78. The molecule has 0 unspecified atom stereocenters. The Kier molecular flexibility index (Phi) is 4.02. The van der Waals surface area contributed by atoms with E-state index in [0.717, 1.165) is 25.7 Å². The second kappa shape index (κ2) is 5.71. The van der Waals surface area contributed by atoms with Crippen LogP contribution in [0.2, 0.25) is 0 Å². The zero-order valence-electron chi connectivity index (χ0n) is 10.4. The summed E-state index contributed by atoms with van der Waals surface area (Å²) in [5.74, 6) is -0.196. The summed E-state index contributed by atoms with van der Waals surface area (Å²) >= 11 is 0. The zero-order chi connectivity index (χ0) is 13.0. The number of carbonyl (C=O) groups excluding carboxylic acids is 2. The molecule has 1 saturated carbocycles. The first-order chi connectivity index (χ1) is 8.70. The summed E-state index contributed by atoms with van der Waals surface area (Å²) in [6.07, 6.45) is 6.62. The van der Waals surface area contributed by atoms with Crippen molar-refractivity contribution in [2.45, 2.75) is 31.7 Å². The highest BCUT2D eigenvalue weighted by molar-refractivity contribution is 5.94.